The fraction of sp³-hybridized carbons (Fsp3) is 0.0714. The summed E-state index contributed by atoms with van der Waals surface area (Å²) >= 11 is 2.21. The third-order valence-corrected chi connectivity index (χ3v) is 3.07. The molecule has 1 nitrogen and oxygen atoms in total. The summed E-state index contributed by atoms with van der Waals surface area (Å²) in [4.78, 5) is 12.1. The summed E-state index contributed by atoms with van der Waals surface area (Å²) in [5.74, 6) is 0.0820. The van der Waals surface area contributed by atoms with Crippen molar-refractivity contribution in [3.8, 4) is 0 Å². The highest BCUT2D eigenvalue weighted by Crippen LogP contribution is 2.13. The van der Waals surface area contributed by atoms with Gasteiger partial charge in [0, 0.05) is 14.7 Å². The molecule has 0 unspecified atom stereocenters. The summed E-state index contributed by atoms with van der Waals surface area (Å²) in [5.41, 5.74) is 2.66. The van der Waals surface area contributed by atoms with E-state index in [9.17, 15) is 4.79 Å². The third-order valence-electron chi connectivity index (χ3n) is 2.40. The summed E-state index contributed by atoms with van der Waals surface area (Å²) in [5, 5.41) is 0. The Morgan fingerprint density at radius 3 is 2.31 bits per heavy atom. The molecule has 0 spiro atoms. The minimum atomic E-state index is 0.0820. The predicted molar refractivity (Wildman–Crippen MR) is 73.8 cm³/mol. The molecule has 0 aliphatic heterocycles. The molecule has 0 aliphatic carbocycles. The van der Waals surface area contributed by atoms with Gasteiger partial charge in [-0.2, -0.15) is 0 Å². The van der Waals surface area contributed by atoms with Crippen LogP contribution in [0.4, 0.5) is 0 Å². The maximum atomic E-state index is 12.1. The van der Waals surface area contributed by atoms with Gasteiger partial charge in [0.05, 0.1) is 0 Å². The molecule has 2 heteroatoms. The molecule has 2 aromatic carbocycles. The number of hydrogen-bond acceptors (Lipinski definition) is 1. The van der Waals surface area contributed by atoms with E-state index in [1.165, 1.54) is 5.56 Å². The SMILES string of the molecule is Cc1ccc(C(=O)c2cccc(I)c2)cc1. The van der Waals surface area contributed by atoms with Crippen LogP contribution < -0.4 is 0 Å². The Kier molecular flexibility index (Phi) is 3.39. The van der Waals surface area contributed by atoms with E-state index < -0.39 is 0 Å². The molecule has 0 saturated heterocycles. The Balaban J connectivity index is 2.35. The Labute approximate surface area is 109 Å². The number of carbonyl (C=O) groups excluding carboxylic acids is 1. The maximum Gasteiger partial charge on any atom is 0.193 e. The van der Waals surface area contributed by atoms with Gasteiger partial charge >= 0.3 is 0 Å². The van der Waals surface area contributed by atoms with Crippen molar-refractivity contribution in [1.82, 2.24) is 0 Å². The first kappa shape index (κ1) is 11.3. The molecule has 0 aliphatic rings. The number of halogens is 1. The van der Waals surface area contributed by atoms with Crippen LogP contribution in [0, 0.1) is 10.5 Å². The van der Waals surface area contributed by atoms with Crippen LogP contribution in [-0.2, 0) is 0 Å². The number of aryl methyl sites for hydroxylation is 1. The van der Waals surface area contributed by atoms with Crippen molar-refractivity contribution in [2.45, 2.75) is 6.92 Å². The molecule has 0 amide bonds. The summed E-state index contributed by atoms with van der Waals surface area (Å²) in [6.45, 7) is 2.01. The number of rotatable bonds is 2. The first-order chi connectivity index (χ1) is 7.66. The van der Waals surface area contributed by atoms with E-state index >= 15 is 0 Å². The smallest absolute Gasteiger partial charge is 0.193 e. The molecule has 2 aromatic rings. The van der Waals surface area contributed by atoms with Crippen LogP contribution in [0.3, 0.4) is 0 Å². The highest BCUT2D eigenvalue weighted by atomic mass is 127. The molecule has 0 aromatic heterocycles. The van der Waals surface area contributed by atoms with Gasteiger partial charge in [-0.05, 0) is 41.6 Å². The molecular formula is C14H11IO. The van der Waals surface area contributed by atoms with Crippen molar-refractivity contribution >= 4 is 28.4 Å². The first-order valence-corrected chi connectivity index (χ1v) is 6.11. The predicted octanol–water partition coefficient (Wildman–Crippen LogP) is 3.83. The zero-order valence-electron chi connectivity index (χ0n) is 8.91. The Bertz CT molecular complexity index is 515. The van der Waals surface area contributed by atoms with Crippen LogP contribution in [0.5, 0.6) is 0 Å². The van der Waals surface area contributed by atoms with Gasteiger partial charge in [0.25, 0.3) is 0 Å². The van der Waals surface area contributed by atoms with Crippen LogP contribution >= 0.6 is 22.6 Å². The minimum absolute atomic E-state index is 0.0820. The molecule has 0 bridgehead atoms. The van der Waals surface area contributed by atoms with Gasteiger partial charge in [-0.15, -0.1) is 0 Å². The Morgan fingerprint density at radius 1 is 1.00 bits per heavy atom. The normalized spacial score (nSPS) is 10.1. The number of hydrogen-bond donors (Lipinski definition) is 0. The van der Waals surface area contributed by atoms with E-state index in [-0.39, 0.29) is 5.78 Å². The maximum absolute atomic E-state index is 12.1. The molecule has 0 N–H and O–H groups in total. The van der Waals surface area contributed by atoms with Gasteiger partial charge in [0.2, 0.25) is 0 Å². The van der Waals surface area contributed by atoms with E-state index in [0.29, 0.717) is 0 Å². The Morgan fingerprint density at radius 2 is 1.69 bits per heavy atom. The van der Waals surface area contributed by atoms with E-state index in [1.807, 2.05) is 55.5 Å². The van der Waals surface area contributed by atoms with Gasteiger partial charge in [-0.3, -0.25) is 4.79 Å². The van der Waals surface area contributed by atoms with Crippen LogP contribution in [0.1, 0.15) is 21.5 Å². The standard InChI is InChI=1S/C14H11IO/c1-10-5-7-11(8-6-10)14(16)12-3-2-4-13(15)9-12/h2-9H,1H3. The average Bonchev–Trinajstić information content (AvgIpc) is 2.29. The lowest BCUT2D eigenvalue weighted by molar-refractivity contribution is 0.103. The second kappa shape index (κ2) is 4.78. The monoisotopic (exact) mass is 322 g/mol. The number of benzene rings is 2. The molecule has 80 valence electrons. The second-order valence-electron chi connectivity index (χ2n) is 3.71. The van der Waals surface area contributed by atoms with Gasteiger partial charge < -0.3 is 0 Å². The molecule has 0 radical (unpaired) electrons. The van der Waals surface area contributed by atoms with Crippen molar-refractivity contribution in [1.29, 1.82) is 0 Å². The molecule has 2 rings (SSSR count). The van der Waals surface area contributed by atoms with E-state index in [4.69, 9.17) is 0 Å². The van der Waals surface area contributed by atoms with E-state index in [0.717, 1.165) is 14.7 Å². The average molecular weight is 322 g/mol. The third kappa shape index (κ3) is 2.50. The molecule has 0 atom stereocenters. The summed E-state index contributed by atoms with van der Waals surface area (Å²) in [7, 11) is 0. The summed E-state index contributed by atoms with van der Waals surface area (Å²) in [6, 6.07) is 15.3. The quantitative estimate of drug-likeness (QED) is 0.607. The number of ketones is 1. The van der Waals surface area contributed by atoms with Crippen LogP contribution in [-0.4, -0.2) is 5.78 Å². The highest BCUT2D eigenvalue weighted by Gasteiger charge is 2.08. The molecule has 16 heavy (non-hydrogen) atoms. The lowest BCUT2D eigenvalue weighted by atomic mass is 10.0. The summed E-state index contributed by atoms with van der Waals surface area (Å²) in [6.07, 6.45) is 0. The fourth-order valence-corrected chi connectivity index (χ4v) is 2.04. The summed E-state index contributed by atoms with van der Waals surface area (Å²) < 4.78 is 1.08. The topological polar surface area (TPSA) is 17.1 Å². The van der Waals surface area contributed by atoms with Crippen LogP contribution in [0.25, 0.3) is 0 Å². The zero-order valence-corrected chi connectivity index (χ0v) is 11.1. The molecular weight excluding hydrogens is 311 g/mol. The molecule has 0 fully saturated rings. The van der Waals surface area contributed by atoms with E-state index in [1.54, 1.807) is 0 Å². The van der Waals surface area contributed by atoms with Gasteiger partial charge in [0.15, 0.2) is 5.78 Å². The number of carbonyl (C=O) groups is 1. The second-order valence-corrected chi connectivity index (χ2v) is 4.95. The molecule has 0 saturated carbocycles. The lowest BCUT2D eigenvalue weighted by Gasteiger charge is -2.02. The Hall–Kier alpha value is -1.16. The van der Waals surface area contributed by atoms with Crippen molar-refractivity contribution in [2.75, 3.05) is 0 Å². The lowest BCUT2D eigenvalue weighted by Crippen LogP contribution is -2.01. The largest absolute Gasteiger partial charge is 0.289 e. The van der Waals surface area contributed by atoms with Gasteiger partial charge in [0.1, 0.15) is 0 Å². The van der Waals surface area contributed by atoms with Crippen molar-refractivity contribution < 1.29 is 4.79 Å². The van der Waals surface area contributed by atoms with Gasteiger partial charge in [-0.1, -0.05) is 42.0 Å². The fourth-order valence-electron chi connectivity index (χ4n) is 1.50. The van der Waals surface area contributed by atoms with Crippen LogP contribution in [0.2, 0.25) is 0 Å². The van der Waals surface area contributed by atoms with Crippen molar-refractivity contribution in [3.63, 3.8) is 0 Å². The highest BCUT2D eigenvalue weighted by molar-refractivity contribution is 14.1. The zero-order chi connectivity index (χ0) is 11.5. The minimum Gasteiger partial charge on any atom is -0.289 e. The van der Waals surface area contributed by atoms with Crippen molar-refractivity contribution in [2.24, 2.45) is 0 Å². The van der Waals surface area contributed by atoms with Gasteiger partial charge in [-0.25, -0.2) is 0 Å². The van der Waals surface area contributed by atoms with Crippen molar-refractivity contribution in [3.05, 3.63) is 68.8 Å². The molecule has 0 heterocycles. The van der Waals surface area contributed by atoms with Crippen LogP contribution in [0.15, 0.2) is 48.5 Å². The van der Waals surface area contributed by atoms with E-state index in [2.05, 4.69) is 22.6 Å². The first-order valence-electron chi connectivity index (χ1n) is 5.04.